The van der Waals surface area contributed by atoms with Crippen molar-refractivity contribution in [2.24, 2.45) is 0 Å². The summed E-state index contributed by atoms with van der Waals surface area (Å²) in [5, 5.41) is 6.88. The van der Waals surface area contributed by atoms with Gasteiger partial charge in [-0.3, -0.25) is 10.1 Å². The Balaban J connectivity index is 0.00000289. The zero-order valence-corrected chi connectivity index (χ0v) is 22.6. The second kappa shape index (κ2) is 11.7. The van der Waals surface area contributed by atoms with E-state index >= 15 is 0 Å². The first-order valence-corrected chi connectivity index (χ1v) is 13.0. The maximum atomic E-state index is 13.2. The van der Waals surface area contributed by atoms with Crippen molar-refractivity contribution >= 4 is 75.7 Å². The van der Waals surface area contributed by atoms with Gasteiger partial charge in [-0.25, -0.2) is 0 Å². The van der Waals surface area contributed by atoms with Gasteiger partial charge >= 0.3 is 0 Å². The molecule has 4 aromatic rings. The zero-order valence-electron chi connectivity index (χ0n) is 17.3. The highest BCUT2D eigenvalue weighted by Crippen LogP contribution is 2.61. The molecule has 4 rings (SSSR count). The van der Waals surface area contributed by atoms with Crippen LogP contribution in [0.5, 0.6) is 0 Å². The van der Waals surface area contributed by atoms with Crippen molar-refractivity contribution in [2.45, 2.75) is 0 Å². The first kappa shape index (κ1) is 24.6. The van der Waals surface area contributed by atoms with Gasteiger partial charge in [-0.15, -0.1) is 24.0 Å². The van der Waals surface area contributed by atoms with Crippen LogP contribution in [-0.2, 0) is 0 Å². The number of amides is 1. The van der Waals surface area contributed by atoms with Crippen molar-refractivity contribution < 1.29 is 4.79 Å². The molecule has 0 unspecified atom stereocenters. The SMILES string of the molecule is I.O=C(N/C(=C\I)[P+](c1ccccc1)(c1ccccc1)c1ccccc1)c1ccccc1. The van der Waals surface area contributed by atoms with E-state index in [1.165, 1.54) is 15.9 Å². The smallest absolute Gasteiger partial charge is 0.258 e. The second-order valence-corrected chi connectivity index (χ2v) is 11.0. The number of rotatable bonds is 6. The van der Waals surface area contributed by atoms with Crippen LogP contribution < -0.4 is 21.2 Å². The number of carbonyl (C=O) groups is 1. The van der Waals surface area contributed by atoms with Crippen LogP contribution in [0.15, 0.2) is 131 Å². The fourth-order valence-corrected chi connectivity index (χ4v) is 9.19. The molecule has 1 N–H and O–H groups in total. The molecule has 0 aliphatic carbocycles. The van der Waals surface area contributed by atoms with Crippen LogP contribution >= 0.6 is 53.8 Å². The van der Waals surface area contributed by atoms with Gasteiger partial charge < -0.3 is 0 Å². The molecule has 32 heavy (non-hydrogen) atoms. The average Bonchev–Trinajstić information content (AvgIpc) is 2.86. The second-order valence-electron chi connectivity index (χ2n) is 6.99. The van der Waals surface area contributed by atoms with Gasteiger partial charge in [-0.1, -0.05) is 72.8 Å². The van der Waals surface area contributed by atoms with Crippen molar-refractivity contribution in [3.8, 4) is 0 Å². The molecule has 0 aromatic heterocycles. The highest BCUT2D eigenvalue weighted by Gasteiger charge is 2.50. The highest BCUT2D eigenvalue weighted by atomic mass is 127. The van der Waals surface area contributed by atoms with E-state index in [0.717, 1.165) is 5.44 Å². The number of carbonyl (C=O) groups excluding carboxylic acids is 1. The summed E-state index contributed by atoms with van der Waals surface area (Å²) in [6, 6.07) is 40.9. The summed E-state index contributed by atoms with van der Waals surface area (Å²) < 4.78 is 2.03. The summed E-state index contributed by atoms with van der Waals surface area (Å²) in [5.41, 5.74) is 1.57. The summed E-state index contributed by atoms with van der Waals surface area (Å²) >= 11 is 2.26. The molecule has 0 aliphatic rings. The third-order valence-electron chi connectivity index (χ3n) is 5.17. The molecule has 0 radical (unpaired) electrons. The van der Waals surface area contributed by atoms with E-state index in [-0.39, 0.29) is 29.9 Å². The Morgan fingerprint density at radius 2 is 0.969 bits per heavy atom. The Hall–Kier alpha value is -2.02. The lowest BCUT2D eigenvalue weighted by Crippen LogP contribution is -2.38. The number of benzene rings is 4. The van der Waals surface area contributed by atoms with Gasteiger partial charge in [0.05, 0.1) is 0 Å². The van der Waals surface area contributed by atoms with E-state index in [1.807, 2.05) is 52.6 Å². The Morgan fingerprint density at radius 1 is 0.625 bits per heavy atom. The number of hydrogen-bond donors (Lipinski definition) is 1. The molecule has 0 saturated carbocycles. The van der Waals surface area contributed by atoms with E-state index < -0.39 is 7.26 Å². The molecule has 0 aliphatic heterocycles. The zero-order chi connectivity index (χ0) is 21.5. The van der Waals surface area contributed by atoms with Crippen LogP contribution in [0, 0.1) is 0 Å². The number of nitrogens with one attached hydrogen (secondary N) is 1. The van der Waals surface area contributed by atoms with E-state index in [1.54, 1.807) is 0 Å². The van der Waals surface area contributed by atoms with Crippen LogP contribution in [0.25, 0.3) is 0 Å². The molecule has 4 aromatic carbocycles. The largest absolute Gasteiger partial charge is 0.292 e. The Morgan fingerprint density at radius 3 is 1.31 bits per heavy atom. The van der Waals surface area contributed by atoms with Gasteiger partial charge in [0, 0.05) is 9.65 Å². The van der Waals surface area contributed by atoms with Crippen LogP contribution in [0.3, 0.4) is 0 Å². The van der Waals surface area contributed by atoms with Gasteiger partial charge in [0.15, 0.2) is 12.7 Å². The lowest BCUT2D eigenvalue weighted by Gasteiger charge is -2.29. The maximum absolute atomic E-state index is 13.2. The summed E-state index contributed by atoms with van der Waals surface area (Å²) in [6.45, 7) is 0. The van der Waals surface area contributed by atoms with Crippen molar-refractivity contribution in [3.05, 3.63) is 136 Å². The number of hydrogen-bond acceptors (Lipinski definition) is 1. The Kier molecular flexibility index (Phi) is 9.02. The molecule has 0 heterocycles. The number of halogens is 2. The van der Waals surface area contributed by atoms with Gasteiger partial charge in [0.25, 0.3) is 5.91 Å². The summed E-state index contributed by atoms with van der Waals surface area (Å²) in [5.74, 6) is -0.101. The lowest BCUT2D eigenvalue weighted by molar-refractivity contribution is 0.0968. The van der Waals surface area contributed by atoms with E-state index in [2.05, 4.69) is 101 Å². The molecule has 0 saturated heterocycles. The third-order valence-corrected chi connectivity index (χ3v) is 10.5. The fraction of sp³-hybridized carbons (Fsp3) is 0. The summed E-state index contributed by atoms with van der Waals surface area (Å²) in [4.78, 5) is 13.2. The average molecular weight is 662 g/mol. The molecular formula is C27H23I2NOP+. The van der Waals surface area contributed by atoms with Crippen molar-refractivity contribution in [1.82, 2.24) is 5.32 Å². The molecule has 5 heteroatoms. The van der Waals surface area contributed by atoms with Crippen molar-refractivity contribution in [3.63, 3.8) is 0 Å². The lowest BCUT2D eigenvalue weighted by atomic mass is 10.2. The standard InChI is InChI=1S/C27H21INOP.HI/c28-21-26(29-27(30)22-13-5-1-6-14-22)31(23-15-7-2-8-16-23,24-17-9-3-10-18-24)25-19-11-4-12-20-25;/h1-21H;1H/p+1/b26-21+;. The fourth-order valence-electron chi connectivity index (χ4n) is 3.78. The Labute approximate surface area is 220 Å². The molecular weight excluding hydrogens is 639 g/mol. The molecule has 1 amide bonds. The van der Waals surface area contributed by atoms with Gasteiger partial charge in [0.1, 0.15) is 15.9 Å². The van der Waals surface area contributed by atoms with Gasteiger partial charge in [-0.05, 0) is 71.1 Å². The van der Waals surface area contributed by atoms with Gasteiger partial charge in [0.2, 0.25) is 0 Å². The molecule has 0 fully saturated rings. The van der Waals surface area contributed by atoms with Crippen LogP contribution in [0.2, 0.25) is 0 Å². The normalized spacial score (nSPS) is 11.3. The van der Waals surface area contributed by atoms with Gasteiger partial charge in [-0.2, -0.15) is 0 Å². The minimum Gasteiger partial charge on any atom is -0.292 e. The first-order valence-electron chi connectivity index (χ1n) is 10.00. The summed E-state index contributed by atoms with van der Waals surface area (Å²) in [6.07, 6.45) is 0. The van der Waals surface area contributed by atoms with E-state index in [9.17, 15) is 4.79 Å². The predicted octanol–water partition coefficient (Wildman–Crippen LogP) is 6.26. The maximum Gasteiger partial charge on any atom is 0.258 e. The molecule has 0 atom stereocenters. The van der Waals surface area contributed by atoms with E-state index in [4.69, 9.17) is 0 Å². The minimum absolute atomic E-state index is 0. The Bertz CT molecular complexity index is 1070. The van der Waals surface area contributed by atoms with Crippen molar-refractivity contribution in [2.75, 3.05) is 0 Å². The predicted molar refractivity (Wildman–Crippen MR) is 157 cm³/mol. The van der Waals surface area contributed by atoms with Crippen LogP contribution in [0.4, 0.5) is 0 Å². The molecule has 160 valence electrons. The van der Waals surface area contributed by atoms with Crippen LogP contribution in [-0.4, -0.2) is 5.91 Å². The quantitative estimate of drug-likeness (QED) is 0.192. The highest BCUT2D eigenvalue weighted by molar-refractivity contribution is 14.1. The minimum atomic E-state index is -2.32. The van der Waals surface area contributed by atoms with Crippen molar-refractivity contribution in [1.29, 1.82) is 0 Å². The monoisotopic (exact) mass is 662 g/mol. The molecule has 0 bridgehead atoms. The molecule has 0 spiro atoms. The van der Waals surface area contributed by atoms with E-state index in [0.29, 0.717) is 5.56 Å². The third kappa shape index (κ3) is 4.98. The first-order chi connectivity index (χ1) is 15.3. The summed E-state index contributed by atoms with van der Waals surface area (Å²) in [7, 11) is -2.32. The molecule has 2 nitrogen and oxygen atoms in total. The van der Waals surface area contributed by atoms with Crippen LogP contribution in [0.1, 0.15) is 10.4 Å². The topological polar surface area (TPSA) is 29.1 Å².